The maximum absolute atomic E-state index is 13.1. The Morgan fingerprint density at radius 3 is 2.56 bits per heavy atom. The minimum Gasteiger partial charge on any atom is -0.356 e. The summed E-state index contributed by atoms with van der Waals surface area (Å²) in [6.45, 7) is 6.04. The topological polar surface area (TPSA) is 45.2 Å². The van der Waals surface area contributed by atoms with Crippen LogP contribution in [0.5, 0.6) is 0 Å². The molecule has 0 bridgehead atoms. The highest BCUT2D eigenvalue weighted by molar-refractivity contribution is 7.98. The third kappa shape index (κ3) is 3.84. The van der Waals surface area contributed by atoms with Crippen molar-refractivity contribution in [2.75, 3.05) is 29.6 Å². The molecule has 4 rings (SSSR count). The lowest BCUT2D eigenvalue weighted by molar-refractivity contribution is 0.102. The first-order valence-corrected chi connectivity index (χ1v) is 10.9. The van der Waals surface area contributed by atoms with Crippen LogP contribution in [0.2, 0.25) is 0 Å². The Balaban J connectivity index is 1.60. The molecule has 1 saturated heterocycles. The standard InChI is InChI=1S/C22H27N3OS/c1-15-13-19(21(26)24-17-5-4-6-18(14-17)27-3)20(23-16(15)2)25-11-9-22(7-8-22)10-12-25/h4-6,13-14H,7-12H2,1-3H3,(H,24,26). The molecule has 1 N–H and O–H groups in total. The molecule has 0 unspecified atom stereocenters. The van der Waals surface area contributed by atoms with Gasteiger partial charge in [0.15, 0.2) is 0 Å². The summed E-state index contributed by atoms with van der Waals surface area (Å²) in [5.41, 5.74) is 4.16. The van der Waals surface area contributed by atoms with Crippen LogP contribution in [0.4, 0.5) is 11.5 Å². The summed E-state index contributed by atoms with van der Waals surface area (Å²) in [5, 5.41) is 3.07. The Kier molecular flexibility index (Phi) is 4.89. The molecule has 1 aliphatic heterocycles. The molecule has 0 radical (unpaired) electrons. The number of carbonyl (C=O) groups excluding carboxylic acids is 1. The predicted molar refractivity (Wildman–Crippen MR) is 113 cm³/mol. The van der Waals surface area contributed by atoms with E-state index < -0.39 is 0 Å². The van der Waals surface area contributed by atoms with Crippen LogP contribution < -0.4 is 10.2 Å². The van der Waals surface area contributed by atoms with Crippen LogP contribution in [-0.2, 0) is 0 Å². The number of thioether (sulfide) groups is 1. The van der Waals surface area contributed by atoms with Crippen molar-refractivity contribution in [2.24, 2.45) is 5.41 Å². The average molecular weight is 382 g/mol. The van der Waals surface area contributed by atoms with Gasteiger partial charge in [0.1, 0.15) is 5.82 Å². The maximum atomic E-state index is 13.1. The van der Waals surface area contributed by atoms with Gasteiger partial charge in [0.05, 0.1) is 5.56 Å². The van der Waals surface area contributed by atoms with Crippen LogP contribution >= 0.6 is 11.8 Å². The van der Waals surface area contributed by atoms with Gasteiger partial charge in [-0.05, 0) is 81.0 Å². The Morgan fingerprint density at radius 2 is 1.89 bits per heavy atom. The molecule has 1 aromatic carbocycles. The molecule has 4 nitrogen and oxygen atoms in total. The van der Waals surface area contributed by atoms with Crippen LogP contribution in [0, 0.1) is 19.3 Å². The Hall–Kier alpha value is -2.01. The van der Waals surface area contributed by atoms with Crippen molar-refractivity contribution in [1.29, 1.82) is 0 Å². The highest BCUT2D eigenvalue weighted by Gasteiger charge is 2.44. The van der Waals surface area contributed by atoms with Gasteiger partial charge < -0.3 is 10.2 Å². The molecule has 2 aliphatic rings. The van der Waals surface area contributed by atoms with E-state index in [0.717, 1.165) is 40.7 Å². The van der Waals surface area contributed by atoms with Crippen molar-refractivity contribution >= 4 is 29.2 Å². The smallest absolute Gasteiger partial charge is 0.259 e. The van der Waals surface area contributed by atoms with Crippen LogP contribution in [0.1, 0.15) is 47.3 Å². The van der Waals surface area contributed by atoms with Gasteiger partial charge in [-0.3, -0.25) is 4.79 Å². The number of rotatable bonds is 4. The molecule has 0 atom stereocenters. The van der Waals surface area contributed by atoms with Crippen molar-refractivity contribution in [2.45, 2.75) is 44.4 Å². The number of anilines is 2. The third-order valence-corrected chi connectivity index (χ3v) is 6.82. The van der Waals surface area contributed by atoms with Crippen LogP contribution in [0.25, 0.3) is 0 Å². The number of hydrogen-bond acceptors (Lipinski definition) is 4. The zero-order valence-corrected chi connectivity index (χ0v) is 17.2. The second-order valence-electron chi connectivity index (χ2n) is 7.93. The number of benzene rings is 1. The normalized spacial score (nSPS) is 17.8. The number of aromatic nitrogens is 1. The molecule has 5 heteroatoms. The van der Waals surface area contributed by atoms with E-state index in [1.807, 2.05) is 50.4 Å². The molecule has 1 spiro atoms. The van der Waals surface area contributed by atoms with Crippen molar-refractivity contribution in [3.05, 3.63) is 47.2 Å². The Labute approximate surface area is 165 Å². The molecule has 1 aliphatic carbocycles. The predicted octanol–water partition coefficient (Wildman–Crippen LogP) is 5.05. The first-order valence-electron chi connectivity index (χ1n) is 9.68. The monoisotopic (exact) mass is 381 g/mol. The average Bonchev–Trinajstić information content (AvgIpc) is 3.43. The Bertz CT molecular complexity index is 866. The number of carbonyl (C=O) groups is 1. The number of pyridine rings is 1. The summed E-state index contributed by atoms with van der Waals surface area (Å²) in [6.07, 6.45) is 7.23. The summed E-state index contributed by atoms with van der Waals surface area (Å²) in [4.78, 5) is 21.4. The lowest BCUT2D eigenvalue weighted by Gasteiger charge is -2.34. The molecule has 2 aromatic rings. The van der Waals surface area contributed by atoms with E-state index in [-0.39, 0.29) is 5.91 Å². The first kappa shape index (κ1) is 18.4. The zero-order chi connectivity index (χ0) is 19.0. The van der Waals surface area contributed by atoms with E-state index in [1.165, 1.54) is 25.7 Å². The van der Waals surface area contributed by atoms with Crippen LogP contribution in [0.3, 0.4) is 0 Å². The molecule has 27 heavy (non-hydrogen) atoms. The molecule has 2 fully saturated rings. The van der Waals surface area contributed by atoms with Crippen LogP contribution in [-0.4, -0.2) is 30.2 Å². The van der Waals surface area contributed by atoms with Gasteiger partial charge in [-0.25, -0.2) is 4.98 Å². The van der Waals surface area contributed by atoms with E-state index in [0.29, 0.717) is 11.0 Å². The van der Waals surface area contributed by atoms with Gasteiger partial charge in [0.25, 0.3) is 5.91 Å². The van der Waals surface area contributed by atoms with Crippen molar-refractivity contribution in [3.63, 3.8) is 0 Å². The van der Waals surface area contributed by atoms with Gasteiger partial charge >= 0.3 is 0 Å². The van der Waals surface area contributed by atoms with Gasteiger partial charge in [-0.1, -0.05) is 6.07 Å². The van der Waals surface area contributed by atoms with E-state index in [4.69, 9.17) is 4.98 Å². The van der Waals surface area contributed by atoms with E-state index >= 15 is 0 Å². The molecule has 142 valence electrons. The van der Waals surface area contributed by atoms with E-state index in [1.54, 1.807) is 11.8 Å². The highest BCUT2D eigenvalue weighted by atomic mass is 32.2. The number of nitrogens with zero attached hydrogens (tertiary/aromatic N) is 2. The lowest BCUT2D eigenvalue weighted by atomic mass is 9.93. The summed E-state index contributed by atoms with van der Waals surface area (Å²) >= 11 is 1.67. The second kappa shape index (κ2) is 7.19. The fourth-order valence-corrected chi connectivity index (χ4v) is 4.33. The third-order valence-electron chi connectivity index (χ3n) is 6.10. The minimum atomic E-state index is -0.0782. The number of piperidine rings is 1. The number of amides is 1. The molecule has 1 amide bonds. The number of hydrogen-bond donors (Lipinski definition) is 1. The van der Waals surface area contributed by atoms with Crippen LogP contribution in [0.15, 0.2) is 35.2 Å². The van der Waals surface area contributed by atoms with Crippen molar-refractivity contribution < 1.29 is 4.79 Å². The number of nitrogens with one attached hydrogen (secondary N) is 1. The Morgan fingerprint density at radius 1 is 1.15 bits per heavy atom. The van der Waals surface area contributed by atoms with Gasteiger partial charge in [-0.15, -0.1) is 11.8 Å². The SMILES string of the molecule is CSc1cccc(NC(=O)c2cc(C)c(C)nc2N2CCC3(CC2)CC3)c1. The van der Waals surface area contributed by atoms with E-state index in [2.05, 4.69) is 10.2 Å². The summed E-state index contributed by atoms with van der Waals surface area (Å²) < 4.78 is 0. The first-order chi connectivity index (χ1) is 13.0. The largest absolute Gasteiger partial charge is 0.356 e. The molecular formula is C22H27N3OS. The minimum absolute atomic E-state index is 0.0782. The van der Waals surface area contributed by atoms with Gasteiger partial charge in [-0.2, -0.15) is 0 Å². The zero-order valence-electron chi connectivity index (χ0n) is 16.3. The van der Waals surface area contributed by atoms with Gasteiger partial charge in [0.2, 0.25) is 0 Å². The molecular weight excluding hydrogens is 354 g/mol. The summed E-state index contributed by atoms with van der Waals surface area (Å²) in [7, 11) is 0. The lowest BCUT2D eigenvalue weighted by Crippen LogP contribution is -2.36. The van der Waals surface area contributed by atoms with Gasteiger partial charge in [0, 0.05) is 29.4 Å². The molecule has 1 aromatic heterocycles. The second-order valence-corrected chi connectivity index (χ2v) is 8.81. The molecule has 2 heterocycles. The molecule has 1 saturated carbocycles. The fraction of sp³-hybridized carbons (Fsp3) is 0.455. The summed E-state index contributed by atoms with van der Waals surface area (Å²) in [5.74, 6) is 0.762. The highest BCUT2D eigenvalue weighted by Crippen LogP contribution is 2.54. The summed E-state index contributed by atoms with van der Waals surface area (Å²) in [6, 6.07) is 9.95. The van der Waals surface area contributed by atoms with Crippen molar-refractivity contribution in [1.82, 2.24) is 4.98 Å². The van der Waals surface area contributed by atoms with E-state index in [9.17, 15) is 4.79 Å². The quantitative estimate of drug-likeness (QED) is 0.753. The van der Waals surface area contributed by atoms with Crippen molar-refractivity contribution in [3.8, 4) is 0 Å². The maximum Gasteiger partial charge on any atom is 0.259 e. The fourth-order valence-electron chi connectivity index (χ4n) is 3.87. The number of aryl methyl sites for hydroxylation is 2.